The van der Waals surface area contributed by atoms with Crippen LogP contribution in [0, 0.1) is 0 Å². The van der Waals surface area contributed by atoms with Gasteiger partial charge in [-0.1, -0.05) is 149 Å². The minimum atomic E-state index is 0. The van der Waals surface area contributed by atoms with Crippen LogP contribution in [0.25, 0.3) is 0 Å². The van der Waals surface area contributed by atoms with Crippen LogP contribution in [0.4, 0.5) is 0 Å². The third-order valence-electron chi connectivity index (χ3n) is 1.97. The first-order chi connectivity index (χ1) is 14.5. The average molecular weight is 433 g/mol. The van der Waals surface area contributed by atoms with E-state index in [2.05, 4.69) is 39.5 Å². The van der Waals surface area contributed by atoms with Gasteiger partial charge in [0.2, 0.25) is 0 Å². The molecule has 170 valence electrons. The summed E-state index contributed by atoms with van der Waals surface area (Å²) in [5, 5.41) is 0. The van der Waals surface area contributed by atoms with E-state index in [0.717, 1.165) is 0 Å². The number of rotatable bonds is 6. The second kappa shape index (κ2) is 79.9. The molecule has 0 atom stereocenters. The molecule has 0 aromatic carbocycles. The van der Waals surface area contributed by atoms with Gasteiger partial charge in [-0.2, -0.15) is 0 Å². The first-order valence-electron chi connectivity index (χ1n) is 9.91. The fraction of sp³-hybridized carbons (Fsp3) is 0.200. The Morgan fingerprint density at radius 1 is 0.323 bits per heavy atom. The van der Waals surface area contributed by atoms with Crippen molar-refractivity contribution in [2.45, 2.75) is 41.5 Å². The summed E-state index contributed by atoms with van der Waals surface area (Å²) in [6, 6.07) is 0. The van der Waals surface area contributed by atoms with Crippen molar-refractivity contribution in [3.63, 3.8) is 0 Å². The van der Waals surface area contributed by atoms with Crippen LogP contribution in [0.2, 0.25) is 0 Å². The Labute approximate surface area is 220 Å². The van der Waals surface area contributed by atoms with Gasteiger partial charge in [0, 0.05) is 0 Å². The number of allylic oxidation sites excluding steroid dienone is 18. The van der Waals surface area contributed by atoms with Crippen LogP contribution < -0.4 is 29.6 Å². The van der Waals surface area contributed by atoms with E-state index in [1.165, 1.54) is 0 Å². The van der Waals surface area contributed by atoms with Crippen molar-refractivity contribution in [1.29, 1.82) is 0 Å². The van der Waals surface area contributed by atoms with Crippen LogP contribution in [0.3, 0.4) is 0 Å². The monoisotopic (exact) mass is 432 g/mol. The van der Waals surface area contributed by atoms with E-state index in [4.69, 9.17) is 0 Å². The van der Waals surface area contributed by atoms with Gasteiger partial charge in [-0.15, -0.1) is 0 Å². The van der Waals surface area contributed by atoms with Crippen LogP contribution >= 0.6 is 0 Å². The standard InChI is InChI=1S/6C5H8.Na.H/c6*1-3-5-4-2;;/h6*3-5H,1H2,2H3;;/q;;;;;;+1;-1. The summed E-state index contributed by atoms with van der Waals surface area (Å²) in [4.78, 5) is 0. The van der Waals surface area contributed by atoms with E-state index in [-0.39, 0.29) is 31.0 Å². The van der Waals surface area contributed by atoms with Crippen molar-refractivity contribution in [2.24, 2.45) is 0 Å². The van der Waals surface area contributed by atoms with E-state index in [9.17, 15) is 0 Å². The van der Waals surface area contributed by atoms with Crippen molar-refractivity contribution >= 4 is 0 Å². The maximum atomic E-state index is 3.46. The zero-order valence-electron chi connectivity index (χ0n) is 22.6. The fourth-order valence-electron chi connectivity index (χ4n) is 0.816. The molecule has 0 rings (SSSR count). The predicted molar refractivity (Wildman–Crippen MR) is 151 cm³/mol. The maximum Gasteiger partial charge on any atom is 1.00 e. The fourth-order valence-corrected chi connectivity index (χ4v) is 0.816. The molecule has 0 fully saturated rings. The summed E-state index contributed by atoms with van der Waals surface area (Å²) in [5.74, 6) is 0. The minimum Gasteiger partial charge on any atom is -1.00 e. The van der Waals surface area contributed by atoms with Crippen LogP contribution in [0.5, 0.6) is 0 Å². The van der Waals surface area contributed by atoms with E-state index in [1.807, 2.05) is 114 Å². The Kier molecular flexibility index (Phi) is 121. The van der Waals surface area contributed by atoms with Gasteiger partial charge in [-0.25, -0.2) is 0 Å². The zero-order chi connectivity index (χ0) is 24.7. The third kappa shape index (κ3) is 191. The molecule has 0 amide bonds. The normalized spacial score (nSPS) is 8.71. The second-order valence-corrected chi connectivity index (χ2v) is 4.57. The van der Waals surface area contributed by atoms with Crippen LogP contribution in [0.1, 0.15) is 43.0 Å². The van der Waals surface area contributed by atoms with E-state index < -0.39 is 0 Å². The molecular formula is C30H49Na. The molecular weight excluding hydrogens is 383 g/mol. The van der Waals surface area contributed by atoms with E-state index in [0.29, 0.717) is 0 Å². The molecule has 0 unspecified atom stereocenters. The zero-order valence-corrected chi connectivity index (χ0v) is 23.6. The molecule has 0 N–H and O–H groups in total. The summed E-state index contributed by atoms with van der Waals surface area (Å²) >= 11 is 0. The van der Waals surface area contributed by atoms with Gasteiger partial charge in [0.15, 0.2) is 0 Å². The molecule has 0 saturated heterocycles. The smallest absolute Gasteiger partial charge is 1.00 e. The van der Waals surface area contributed by atoms with Crippen molar-refractivity contribution in [1.82, 2.24) is 0 Å². The average Bonchev–Trinajstić information content (AvgIpc) is 2.74. The maximum absolute atomic E-state index is 3.46. The van der Waals surface area contributed by atoms with Crippen LogP contribution in [-0.2, 0) is 0 Å². The molecule has 1 heteroatoms. The summed E-state index contributed by atoms with van der Waals surface area (Å²) in [7, 11) is 0. The molecule has 0 aliphatic carbocycles. The second-order valence-electron chi connectivity index (χ2n) is 4.57. The topological polar surface area (TPSA) is 0 Å². The summed E-state index contributed by atoms with van der Waals surface area (Å²) in [5.41, 5.74) is 0. The van der Waals surface area contributed by atoms with Gasteiger partial charge in [-0.05, 0) is 41.5 Å². The Morgan fingerprint density at radius 2 is 0.419 bits per heavy atom. The minimum absolute atomic E-state index is 0. The van der Waals surface area contributed by atoms with Gasteiger partial charge in [-0.3, -0.25) is 0 Å². The molecule has 31 heavy (non-hydrogen) atoms. The summed E-state index contributed by atoms with van der Waals surface area (Å²) < 4.78 is 0. The molecule has 0 radical (unpaired) electrons. The quantitative estimate of drug-likeness (QED) is 0.299. The van der Waals surface area contributed by atoms with Gasteiger partial charge < -0.3 is 1.43 Å². The number of hydrogen-bond donors (Lipinski definition) is 0. The third-order valence-corrected chi connectivity index (χ3v) is 1.97. The molecule has 0 bridgehead atoms. The molecule has 0 aliphatic rings. The molecule has 0 heterocycles. The SMILES string of the molecule is C=CC=CC.C=CC=CC.C=CC=CC.C=CC=CC.C=CC=CC.C=CC=CC.[H-].[Na+]. The van der Waals surface area contributed by atoms with Crippen molar-refractivity contribution in [3.8, 4) is 0 Å². The molecule has 0 aromatic rings. The van der Waals surface area contributed by atoms with E-state index in [1.54, 1.807) is 36.5 Å². The van der Waals surface area contributed by atoms with Gasteiger partial charge in [0.1, 0.15) is 0 Å². The molecule has 0 aliphatic heterocycles. The van der Waals surface area contributed by atoms with Crippen LogP contribution in [0.15, 0.2) is 149 Å². The molecule has 0 spiro atoms. The summed E-state index contributed by atoms with van der Waals surface area (Å²) in [6.07, 6.45) is 33.5. The van der Waals surface area contributed by atoms with Crippen molar-refractivity contribution < 1.29 is 31.0 Å². The first kappa shape index (κ1) is 46.9. The molecule has 0 aromatic heterocycles. The Bertz CT molecular complexity index is 389. The predicted octanol–water partition coefficient (Wildman–Crippen LogP) is 7.61. The summed E-state index contributed by atoms with van der Waals surface area (Å²) in [6.45, 7) is 32.5. The Balaban J connectivity index is -0.0000000356. The van der Waals surface area contributed by atoms with Crippen molar-refractivity contribution in [3.05, 3.63) is 149 Å². The van der Waals surface area contributed by atoms with Crippen LogP contribution in [-0.4, -0.2) is 0 Å². The van der Waals surface area contributed by atoms with Gasteiger partial charge in [0.05, 0.1) is 0 Å². The Hall–Kier alpha value is -2.12. The largest absolute Gasteiger partial charge is 1.00 e. The molecule has 0 saturated carbocycles. The first-order valence-corrected chi connectivity index (χ1v) is 9.91. The van der Waals surface area contributed by atoms with Gasteiger partial charge in [0.25, 0.3) is 0 Å². The van der Waals surface area contributed by atoms with E-state index >= 15 is 0 Å². The van der Waals surface area contributed by atoms with Crippen molar-refractivity contribution in [2.75, 3.05) is 0 Å². The number of hydrogen-bond acceptors (Lipinski definition) is 0. The Morgan fingerprint density at radius 3 is 0.419 bits per heavy atom. The van der Waals surface area contributed by atoms with Gasteiger partial charge >= 0.3 is 29.6 Å². The molecule has 0 nitrogen and oxygen atoms in total.